The molecule has 0 radical (unpaired) electrons. The van der Waals surface area contributed by atoms with Gasteiger partial charge in [0.25, 0.3) is 0 Å². The van der Waals surface area contributed by atoms with E-state index in [0.29, 0.717) is 0 Å². The maximum absolute atomic E-state index is 2.49. The van der Waals surface area contributed by atoms with Gasteiger partial charge in [-0.25, -0.2) is 0 Å². The van der Waals surface area contributed by atoms with E-state index in [1.807, 2.05) is 0 Å². The van der Waals surface area contributed by atoms with Gasteiger partial charge >= 0.3 is 0 Å². The molecular formula is C55H37N. The molecule has 0 amide bonds. The van der Waals surface area contributed by atoms with Gasteiger partial charge in [-0.3, -0.25) is 0 Å². The van der Waals surface area contributed by atoms with E-state index in [0.717, 1.165) is 17.1 Å². The Balaban J connectivity index is 1.10. The molecule has 0 atom stereocenters. The van der Waals surface area contributed by atoms with Crippen LogP contribution in [0.15, 0.2) is 224 Å². The van der Waals surface area contributed by atoms with Gasteiger partial charge in [0.15, 0.2) is 0 Å². The molecule has 2 aliphatic rings. The van der Waals surface area contributed by atoms with Gasteiger partial charge in [-0.2, -0.15) is 0 Å². The van der Waals surface area contributed by atoms with Crippen LogP contribution in [0.25, 0.3) is 55.6 Å². The Labute approximate surface area is 328 Å². The highest BCUT2D eigenvalue weighted by atomic mass is 15.1. The second kappa shape index (κ2) is 13.0. The quantitative estimate of drug-likeness (QED) is 0.166. The Bertz CT molecular complexity index is 2740. The average Bonchev–Trinajstić information content (AvgIpc) is 3.75. The Morgan fingerprint density at radius 1 is 0.250 bits per heavy atom. The summed E-state index contributed by atoms with van der Waals surface area (Å²) in [6, 6.07) is 82.4. The summed E-state index contributed by atoms with van der Waals surface area (Å²) in [6.07, 6.45) is 0. The molecule has 0 unspecified atom stereocenters. The maximum Gasteiger partial charge on any atom is 0.0725 e. The normalized spacial score (nSPS) is 12.8. The summed E-state index contributed by atoms with van der Waals surface area (Å²) in [5.41, 5.74) is 20.8. The lowest BCUT2D eigenvalue weighted by Gasteiger charge is -2.31. The summed E-state index contributed by atoms with van der Waals surface area (Å²) < 4.78 is 0. The Hall–Kier alpha value is -7.22. The van der Waals surface area contributed by atoms with Crippen LogP contribution in [0.5, 0.6) is 0 Å². The third kappa shape index (κ3) is 4.88. The van der Waals surface area contributed by atoms with E-state index < -0.39 is 5.41 Å². The maximum atomic E-state index is 2.49. The van der Waals surface area contributed by atoms with E-state index in [-0.39, 0.29) is 0 Å². The monoisotopic (exact) mass is 711 g/mol. The number of benzene rings is 9. The molecule has 1 spiro atoms. The number of nitrogens with zero attached hydrogens (tertiary/aromatic N) is 1. The predicted octanol–water partition coefficient (Wildman–Crippen LogP) is 14.5. The molecule has 9 aromatic rings. The minimum atomic E-state index is -0.399. The van der Waals surface area contributed by atoms with E-state index in [4.69, 9.17) is 0 Å². The SMILES string of the molecule is c1ccc(-c2ccc(N(c3ccc(-c4ccccc4)cc3)c3ccccc3-c3ccc4c(c3)C3(c5ccccc5-c5ccccc53)c3ccccc3-4)cc2)cc1. The van der Waals surface area contributed by atoms with Gasteiger partial charge in [0.1, 0.15) is 0 Å². The van der Waals surface area contributed by atoms with Gasteiger partial charge in [-0.05, 0) is 109 Å². The molecule has 0 N–H and O–H groups in total. The van der Waals surface area contributed by atoms with Gasteiger partial charge in [-0.1, -0.05) is 188 Å². The molecular weight excluding hydrogens is 675 g/mol. The highest BCUT2D eigenvalue weighted by Crippen LogP contribution is 2.63. The van der Waals surface area contributed by atoms with Crippen LogP contribution in [0.4, 0.5) is 17.1 Å². The second-order valence-corrected chi connectivity index (χ2v) is 14.8. The molecule has 56 heavy (non-hydrogen) atoms. The zero-order chi connectivity index (χ0) is 37.1. The van der Waals surface area contributed by atoms with Crippen molar-refractivity contribution in [3.8, 4) is 55.6 Å². The minimum absolute atomic E-state index is 0.399. The number of rotatable bonds is 6. The fraction of sp³-hybridized carbons (Fsp3) is 0.0182. The van der Waals surface area contributed by atoms with Crippen LogP contribution < -0.4 is 4.90 Å². The van der Waals surface area contributed by atoms with Crippen molar-refractivity contribution in [3.05, 3.63) is 247 Å². The fourth-order valence-corrected chi connectivity index (χ4v) is 9.47. The molecule has 0 fully saturated rings. The van der Waals surface area contributed by atoms with Gasteiger partial charge in [0.2, 0.25) is 0 Å². The van der Waals surface area contributed by atoms with Crippen LogP contribution in [-0.2, 0) is 5.41 Å². The largest absolute Gasteiger partial charge is 0.310 e. The van der Waals surface area contributed by atoms with E-state index in [1.165, 1.54) is 77.9 Å². The van der Waals surface area contributed by atoms with Gasteiger partial charge in [0, 0.05) is 16.9 Å². The third-order valence-electron chi connectivity index (χ3n) is 11.9. The Morgan fingerprint density at radius 3 is 1.09 bits per heavy atom. The first-order valence-corrected chi connectivity index (χ1v) is 19.4. The summed E-state index contributed by atoms with van der Waals surface area (Å²) in [4.78, 5) is 2.41. The lowest BCUT2D eigenvalue weighted by molar-refractivity contribution is 0.794. The highest BCUT2D eigenvalue weighted by Gasteiger charge is 2.51. The zero-order valence-corrected chi connectivity index (χ0v) is 30.8. The predicted molar refractivity (Wildman–Crippen MR) is 234 cm³/mol. The van der Waals surface area contributed by atoms with Crippen molar-refractivity contribution in [3.63, 3.8) is 0 Å². The average molecular weight is 712 g/mol. The first kappa shape index (κ1) is 32.2. The topological polar surface area (TPSA) is 3.24 Å². The lowest BCUT2D eigenvalue weighted by Crippen LogP contribution is -2.25. The van der Waals surface area contributed by atoms with Crippen molar-refractivity contribution in [1.29, 1.82) is 0 Å². The molecule has 1 heteroatoms. The Kier molecular flexibility index (Phi) is 7.47. The summed E-state index contributed by atoms with van der Waals surface area (Å²) in [5, 5.41) is 0. The highest BCUT2D eigenvalue weighted by molar-refractivity contribution is 5.97. The van der Waals surface area contributed by atoms with Crippen LogP contribution in [0.2, 0.25) is 0 Å². The molecule has 0 heterocycles. The van der Waals surface area contributed by atoms with Crippen LogP contribution in [0.1, 0.15) is 22.3 Å². The number of anilines is 3. The summed E-state index contributed by atoms with van der Waals surface area (Å²) >= 11 is 0. The number of para-hydroxylation sites is 1. The van der Waals surface area contributed by atoms with Crippen LogP contribution in [0, 0.1) is 0 Å². The van der Waals surface area contributed by atoms with Crippen molar-refractivity contribution in [1.82, 2.24) is 0 Å². The summed E-state index contributed by atoms with van der Waals surface area (Å²) in [6.45, 7) is 0. The summed E-state index contributed by atoms with van der Waals surface area (Å²) in [7, 11) is 0. The van der Waals surface area contributed by atoms with Crippen LogP contribution >= 0.6 is 0 Å². The standard InChI is InChI=1S/C55H37N/c1-3-15-38(16-4-1)40-27-32-43(33-28-40)56(44-34-29-41(30-35-44)39-17-5-2-6-18-39)54-26-14-10-19-45(54)42-31-36-49-48-22-9-13-25-52(48)55(53(49)37-42)50-23-11-7-20-46(50)47-21-8-12-24-51(47)55/h1-37H. The molecule has 0 saturated heterocycles. The van der Waals surface area contributed by atoms with Crippen LogP contribution in [-0.4, -0.2) is 0 Å². The van der Waals surface area contributed by atoms with Gasteiger partial charge in [-0.15, -0.1) is 0 Å². The second-order valence-electron chi connectivity index (χ2n) is 14.8. The molecule has 0 saturated carbocycles. The molecule has 262 valence electrons. The number of hydrogen-bond acceptors (Lipinski definition) is 1. The molecule has 1 nitrogen and oxygen atoms in total. The first-order valence-electron chi connectivity index (χ1n) is 19.4. The molecule has 11 rings (SSSR count). The molecule has 9 aromatic carbocycles. The van der Waals surface area contributed by atoms with Crippen molar-refractivity contribution in [2.45, 2.75) is 5.41 Å². The fourth-order valence-electron chi connectivity index (χ4n) is 9.47. The molecule has 0 aliphatic heterocycles. The van der Waals surface area contributed by atoms with E-state index >= 15 is 0 Å². The molecule has 0 aromatic heterocycles. The van der Waals surface area contributed by atoms with Crippen molar-refractivity contribution in [2.75, 3.05) is 4.90 Å². The zero-order valence-electron chi connectivity index (χ0n) is 30.8. The molecule has 2 aliphatic carbocycles. The number of hydrogen-bond donors (Lipinski definition) is 0. The van der Waals surface area contributed by atoms with Gasteiger partial charge < -0.3 is 4.90 Å². The summed E-state index contributed by atoms with van der Waals surface area (Å²) in [5.74, 6) is 0. The van der Waals surface area contributed by atoms with E-state index in [2.05, 4.69) is 229 Å². The van der Waals surface area contributed by atoms with E-state index in [1.54, 1.807) is 0 Å². The minimum Gasteiger partial charge on any atom is -0.310 e. The third-order valence-corrected chi connectivity index (χ3v) is 11.9. The van der Waals surface area contributed by atoms with Crippen molar-refractivity contribution in [2.24, 2.45) is 0 Å². The Morgan fingerprint density at radius 2 is 0.607 bits per heavy atom. The first-order chi connectivity index (χ1) is 27.8. The van der Waals surface area contributed by atoms with Crippen molar-refractivity contribution >= 4 is 17.1 Å². The van der Waals surface area contributed by atoms with E-state index in [9.17, 15) is 0 Å². The van der Waals surface area contributed by atoms with Gasteiger partial charge in [0.05, 0.1) is 11.1 Å². The molecule has 0 bridgehead atoms. The lowest BCUT2D eigenvalue weighted by atomic mass is 9.70. The van der Waals surface area contributed by atoms with Crippen molar-refractivity contribution < 1.29 is 0 Å². The number of fused-ring (bicyclic) bond motifs is 10. The smallest absolute Gasteiger partial charge is 0.0725 e. The van der Waals surface area contributed by atoms with Crippen LogP contribution in [0.3, 0.4) is 0 Å².